The highest BCUT2D eigenvalue weighted by atomic mass is 19.1. The van der Waals surface area contributed by atoms with Crippen molar-refractivity contribution in [3.8, 4) is 0 Å². The Balaban J connectivity index is 1.87. The normalized spacial score (nSPS) is 27.7. The second-order valence-corrected chi connectivity index (χ2v) is 5.70. The topological polar surface area (TPSA) is 49.5 Å². The highest BCUT2D eigenvalue weighted by Gasteiger charge is 2.33. The maximum atomic E-state index is 12.8. The average Bonchev–Trinajstić information content (AvgIpc) is 2.42. The number of halogens is 1. The van der Waals surface area contributed by atoms with Gasteiger partial charge in [-0.05, 0) is 50.4 Å². The van der Waals surface area contributed by atoms with Crippen molar-refractivity contribution in [1.82, 2.24) is 4.90 Å². The first-order chi connectivity index (χ1) is 9.02. The third kappa shape index (κ3) is 3.75. The molecule has 2 rings (SSSR count). The van der Waals surface area contributed by atoms with Gasteiger partial charge in [-0.1, -0.05) is 12.1 Å². The largest absolute Gasteiger partial charge is 0.389 e. The van der Waals surface area contributed by atoms with Crippen LogP contribution in [0.2, 0.25) is 0 Å². The molecule has 1 aromatic carbocycles. The lowest BCUT2D eigenvalue weighted by Gasteiger charge is -2.39. The van der Waals surface area contributed by atoms with Crippen LogP contribution in [-0.2, 0) is 6.54 Å². The molecule has 0 spiro atoms. The molecule has 0 unspecified atom stereocenters. The van der Waals surface area contributed by atoms with Crippen molar-refractivity contribution < 1.29 is 9.50 Å². The van der Waals surface area contributed by atoms with E-state index in [2.05, 4.69) is 11.9 Å². The van der Waals surface area contributed by atoms with Crippen LogP contribution in [0.3, 0.4) is 0 Å². The fourth-order valence-electron chi connectivity index (χ4n) is 2.79. The van der Waals surface area contributed by atoms with Gasteiger partial charge in [0.1, 0.15) is 5.82 Å². The van der Waals surface area contributed by atoms with Crippen molar-refractivity contribution in [2.45, 2.75) is 43.9 Å². The number of nitrogens with two attached hydrogens (primary N) is 1. The van der Waals surface area contributed by atoms with E-state index < -0.39 is 5.60 Å². The lowest BCUT2D eigenvalue weighted by atomic mass is 9.82. The van der Waals surface area contributed by atoms with Gasteiger partial charge >= 0.3 is 0 Å². The summed E-state index contributed by atoms with van der Waals surface area (Å²) in [6, 6.07) is 7.11. The Kier molecular flexibility index (Phi) is 4.55. The zero-order valence-electron chi connectivity index (χ0n) is 11.5. The summed E-state index contributed by atoms with van der Waals surface area (Å²) in [4.78, 5) is 2.28. The molecule has 0 saturated heterocycles. The molecule has 3 N–H and O–H groups in total. The second kappa shape index (κ2) is 5.99. The van der Waals surface area contributed by atoms with Gasteiger partial charge < -0.3 is 10.8 Å². The molecular formula is C15H23FN2O. The van der Waals surface area contributed by atoms with Gasteiger partial charge in [0.2, 0.25) is 0 Å². The lowest BCUT2D eigenvalue weighted by Crippen LogP contribution is -2.45. The third-order valence-electron chi connectivity index (χ3n) is 4.23. The van der Waals surface area contributed by atoms with Crippen LogP contribution < -0.4 is 5.73 Å². The summed E-state index contributed by atoms with van der Waals surface area (Å²) in [5.74, 6) is -0.197. The quantitative estimate of drug-likeness (QED) is 0.875. The molecule has 4 heteroatoms. The summed E-state index contributed by atoms with van der Waals surface area (Å²) in [5, 5.41) is 10.1. The number of hydrogen-bond acceptors (Lipinski definition) is 3. The molecule has 1 aromatic rings. The molecule has 1 aliphatic carbocycles. The fraction of sp³-hybridized carbons (Fsp3) is 0.600. The lowest BCUT2D eigenvalue weighted by molar-refractivity contribution is -0.0104. The predicted molar refractivity (Wildman–Crippen MR) is 74.1 cm³/mol. The van der Waals surface area contributed by atoms with Crippen LogP contribution in [0.25, 0.3) is 0 Å². The minimum atomic E-state index is -0.660. The number of hydrogen-bond donors (Lipinski definition) is 2. The van der Waals surface area contributed by atoms with Crippen LogP contribution in [0.15, 0.2) is 24.3 Å². The van der Waals surface area contributed by atoms with Crippen LogP contribution >= 0.6 is 0 Å². The SMILES string of the molecule is CN(Cc1ccc(F)cc1)C1CCC(O)(CN)CC1. The van der Waals surface area contributed by atoms with Gasteiger partial charge in [-0.15, -0.1) is 0 Å². The van der Waals surface area contributed by atoms with Crippen molar-refractivity contribution in [3.05, 3.63) is 35.6 Å². The molecule has 0 aliphatic heterocycles. The molecule has 1 aliphatic rings. The average molecular weight is 266 g/mol. The van der Waals surface area contributed by atoms with Gasteiger partial charge in [-0.25, -0.2) is 4.39 Å². The Labute approximate surface area is 114 Å². The molecule has 106 valence electrons. The molecule has 0 atom stereocenters. The number of rotatable bonds is 4. The molecule has 0 aromatic heterocycles. The summed E-state index contributed by atoms with van der Waals surface area (Å²) in [6.45, 7) is 1.16. The van der Waals surface area contributed by atoms with E-state index in [4.69, 9.17) is 5.73 Å². The third-order valence-corrected chi connectivity index (χ3v) is 4.23. The first-order valence-corrected chi connectivity index (χ1v) is 6.89. The zero-order chi connectivity index (χ0) is 13.9. The van der Waals surface area contributed by atoms with Crippen molar-refractivity contribution in [1.29, 1.82) is 0 Å². The summed E-state index contributed by atoms with van der Waals surface area (Å²) >= 11 is 0. The van der Waals surface area contributed by atoms with E-state index in [1.165, 1.54) is 12.1 Å². The monoisotopic (exact) mass is 266 g/mol. The number of aliphatic hydroxyl groups is 1. The minimum Gasteiger partial charge on any atom is -0.389 e. The first-order valence-electron chi connectivity index (χ1n) is 6.89. The molecule has 19 heavy (non-hydrogen) atoms. The van der Waals surface area contributed by atoms with E-state index in [0.29, 0.717) is 12.6 Å². The van der Waals surface area contributed by atoms with Crippen LogP contribution in [-0.4, -0.2) is 35.2 Å². The summed E-state index contributed by atoms with van der Waals surface area (Å²) < 4.78 is 12.8. The van der Waals surface area contributed by atoms with Gasteiger partial charge in [-0.3, -0.25) is 4.90 Å². The molecule has 1 fully saturated rings. The predicted octanol–water partition coefficient (Wildman–Crippen LogP) is 1.89. The van der Waals surface area contributed by atoms with Gasteiger partial charge in [0.15, 0.2) is 0 Å². The second-order valence-electron chi connectivity index (χ2n) is 5.70. The van der Waals surface area contributed by atoms with Crippen molar-refractivity contribution in [3.63, 3.8) is 0 Å². The van der Waals surface area contributed by atoms with Crippen molar-refractivity contribution in [2.75, 3.05) is 13.6 Å². The standard InChI is InChI=1S/C15H23FN2O/c1-18(10-12-2-4-13(16)5-3-12)14-6-8-15(19,11-17)9-7-14/h2-5,14,19H,6-11,17H2,1H3. The Morgan fingerprint density at radius 3 is 2.42 bits per heavy atom. The number of benzene rings is 1. The van der Waals surface area contributed by atoms with Crippen LogP contribution in [0.5, 0.6) is 0 Å². The molecular weight excluding hydrogens is 243 g/mol. The van der Waals surface area contributed by atoms with Gasteiger partial charge in [0, 0.05) is 19.1 Å². The van der Waals surface area contributed by atoms with E-state index in [9.17, 15) is 9.50 Å². The highest BCUT2D eigenvalue weighted by molar-refractivity contribution is 5.16. The van der Waals surface area contributed by atoms with Gasteiger partial charge in [0.05, 0.1) is 5.60 Å². The van der Waals surface area contributed by atoms with E-state index in [-0.39, 0.29) is 5.82 Å². The molecule has 0 amide bonds. The summed E-state index contributed by atoms with van der Waals surface area (Å²) in [5.41, 5.74) is 6.05. The van der Waals surface area contributed by atoms with Gasteiger partial charge in [-0.2, -0.15) is 0 Å². The Morgan fingerprint density at radius 2 is 1.89 bits per heavy atom. The van der Waals surface area contributed by atoms with E-state index in [0.717, 1.165) is 37.8 Å². The molecule has 0 heterocycles. The van der Waals surface area contributed by atoms with Crippen molar-refractivity contribution in [2.24, 2.45) is 5.73 Å². The molecule has 0 bridgehead atoms. The van der Waals surface area contributed by atoms with Gasteiger partial charge in [0.25, 0.3) is 0 Å². The molecule has 3 nitrogen and oxygen atoms in total. The molecule has 1 saturated carbocycles. The fourth-order valence-corrected chi connectivity index (χ4v) is 2.79. The van der Waals surface area contributed by atoms with E-state index >= 15 is 0 Å². The zero-order valence-corrected chi connectivity index (χ0v) is 11.5. The first kappa shape index (κ1) is 14.4. The van der Waals surface area contributed by atoms with E-state index in [1.807, 2.05) is 12.1 Å². The maximum absolute atomic E-state index is 12.8. The summed E-state index contributed by atoms with van der Waals surface area (Å²) in [7, 11) is 2.08. The maximum Gasteiger partial charge on any atom is 0.123 e. The smallest absolute Gasteiger partial charge is 0.123 e. The highest BCUT2D eigenvalue weighted by Crippen LogP contribution is 2.30. The Hall–Kier alpha value is -0.970. The Morgan fingerprint density at radius 1 is 1.32 bits per heavy atom. The van der Waals surface area contributed by atoms with Crippen molar-refractivity contribution >= 4 is 0 Å². The molecule has 0 radical (unpaired) electrons. The van der Waals surface area contributed by atoms with Crippen LogP contribution in [0.4, 0.5) is 4.39 Å². The minimum absolute atomic E-state index is 0.197. The van der Waals surface area contributed by atoms with E-state index in [1.54, 1.807) is 0 Å². The number of nitrogens with zero attached hydrogens (tertiary/aromatic N) is 1. The Bertz CT molecular complexity index is 399. The van der Waals surface area contributed by atoms with Crippen LogP contribution in [0, 0.1) is 5.82 Å². The van der Waals surface area contributed by atoms with Crippen LogP contribution in [0.1, 0.15) is 31.2 Å². The summed E-state index contributed by atoms with van der Waals surface area (Å²) in [6.07, 6.45) is 3.46.